The topological polar surface area (TPSA) is 44.8 Å². The number of nitrogens with one attached hydrogen (secondary N) is 1. The largest absolute Gasteiger partial charge is 0.494 e. The first kappa shape index (κ1) is 16.8. The van der Waals surface area contributed by atoms with Crippen molar-refractivity contribution in [3.8, 4) is 5.75 Å². The van der Waals surface area contributed by atoms with Gasteiger partial charge in [-0.2, -0.15) is 0 Å². The summed E-state index contributed by atoms with van der Waals surface area (Å²) in [6.07, 6.45) is 0. The van der Waals surface area contributed by atoms with Gasteiger partial charge in [0, 0.05) is 37.9 Å². The SMILES string of the molecule is CCOc1ccc(NC(=O)CN2CCN(C(C)C)CC2)cc1. The molecule has 1 fully saturated rings. The quantitative estimate of drug-likeness (QED) is 0.874. The summed E-state index contributed by atoms with van der Waals surface area (Å²) in [6, 6.07) is 8.08. The Hall–Kier alpha value is -1.59. The summed E-state index contributed by atoms with van der Waals surface area (Å²) < 4.78 is 5.39. The summed E-state index contributed by atoms with van der Waals surface area (Å²) in [4.78, 5) is 16.8. The van der Waals surface area contributed by atoms with Gasteiger partial charge in [-0.3, -0.25) is 14.6 Å². The van der Waals surface area contributed by atoms with Gasteiger partial charge in [0.15, 0.2) is 0 Å². The molecule has 0 radical (unpaired) electrons. The maximum atomic E-state index is 12.1. The third-order valence-corrected chi connectivity index (χ3v) is 3.95. The van der Waals surface area contributed by atoms with Gasteiger partial charge in [0.2, 0.25) is 5.91 Å². The van der Waals surface area contributed by atoms with Gasteiger partial charge in [0.1, 0.15) is 5.75 Å². The summed E-state index contributed by atoms with van der Waals surface area (Å²) in [6.45, 7) is 11.5. The van der Waals surface area contributed by atoms with Gasteiger partial charge in [-0.05, 0) is 45.0 Å². The molecule has 5 heteroatoms. The normalized spacial score (nSPS) is 16.7. The molecule has 1 saturated heterocycles. The third kappa shape index (κ3) is 5.00. The van der Waals surface area contributed by atoms with Crippen molar-refractivity contribution in [2.75, 3.05) is 44.6 Å². The number of carbonyl (C=O) groups is 1. The minimum Gasteiger partial charge on any atom is -0.494 e. The molecule has 1 amide bonds. The second kappa shape index (κ2) is 8.15. The predicted octanol–water partition coefficient (Wildman–Crippen LogP) is 2.05. The molecule has 1 aromatic rings. The second-order valence-corrected chi connectivity index (χ2v) is 5.91. The second-order valence-electron chi connectivity index (χ2n) is 5.91. The van der Waals surface area contributed by atoms with E-state index in [0.29, 0.717) is 19.2 Å². The molecule has 2 rings (SSSR count). The Labute approximate surface area is 133 Å². The molecular formula is C17H27N3O2. The number of benzene rings is 1. The fourth-order valence-corrected chi connectivity index (χ4v) is 2.64. The van der Waals surface area contributed by atoms with E-state index in [2.05, 4.69) is 29.0 Å². The van der Waals surface area contributed by atoms with E-state index in [1.54, 1.807) is 0 Å². The minimum atomic E-state index is 0.0437. The lowest BCUT2D eigenvalue weighted by Gasteiger charge is -2.36. The lowest BCUT2D eigenvalue weighted by atomic mass is 10.2. The van der Waals surface area contributed by atoms with Crippen LogP contribution >= 0.6 is 0 Å². The summed E-state index contributed by atoms with van der Waals surface area (Å²) in [5.41, 5.74) is 0.814. The first-order valence-corrected chi connectivity index (χ1v) is 8.07. The van der Waals surface area contributed by atoms with Crippen molar-refractivity contribution in [1.29, 1.82) is 0 Å². The van der Waals surface area contributed by atoms with Crippen LogP contribution in [0.2, 0.25) is 0 Å². The molecule has 1 N–H and O–H groups in total. The predicted molar refractivity (Wildman–Crippen MR) is 89.4 cm³/mol. The van der Waals surface area contributed by atoms with E-state index >= 15 is 0 Å². The molecule has 1 heterocycles. The van der Waals surface area contributed by atoms with Crippen LogP contribution in [0.15, 0.2) is 24.3 Å². The van der Waals surface area contributed by atoms with Crippen LogP contribution in [0.3, 0.4) is 0 Å². The van der Waals surface area contributed by atoms with E-state index < -0.39 is 0 Å². The Morgan fingerprint density at radius 2 is 1.82 bits per heavy atom. The summed E-state index contributed by atoms with van der Waals surface area (Å²) >= 11 is 0. The van der Waals surface area contributed by atoms with E-state index in [1.807, 2.05) is 31.2 Å². The van der Waals surface area contributed by atoms with Gasteiger partial charge >= 0.3 is 0 Å². The number of ether oxygens (including phenoxy) is 1. The zero-order valence-corrected chi connectivity index (χ0v) is 13.8. The standard InChI is InChI=1S/C17H27N3O2/c1-4-22-16-7-5-15(6-8-16)18-17(21)13-19-9-11-20(12-10-19)14(2)3/h5-8,14H,4,9-13H2,1-3H3,(H,18,21). The van der Waals surface area contributed by atoms with E-state index in [9.17, 15) is 4.79 Å². The lowest BCUT2D eigenvalue weighted by molar-refractivity contribution is -0.117. The zero-order chi connectivity index (χ0) is 15.9. The Morgan fingerprint density at radius 1 is 1.18 bits per heavy atom. The Kier molecular flexibility index (Phi) is 6.21. The molecule has 122 valence electrons. The van der Waals surface area contributed by atoms with E-state index in [-0.39, 0.29) is 5.91 Å². The molecule has 0 aromatic heterocycles. The highest BCUT2D eigenvalue weighted by molar-refractivity contribution is 5.92. The monoisotopic (exact) mass is 305 g/mol. The molecule has 1 aliphatic rings. The molecule has 0 aliphatic carbocycles. The van der Waals surface area contributed by atoms with Gasteiger partial charge in [-0.25, -0.2) is 0 Å². The van der Waals surface area contributed by atoms with Crippen LogP contribution in [-0.4, -0.2) is 61.1 Å². The van der Waals surface area contributed by atoms with Gasteiger partial charge in [0.05, 0.1) is 13.2 Å². The van der Waals surface area contributed by atoms with E-state index in [1.165, 1.54) is 0 Å². The average molecular weight is 305 g/mol. The molecule has 1 aromatic carbocycles. The van der Waals surface area contributed by atoms with Crippen molar-refractivity contribution in [2.24, 2.45) is 0 Å². The van der Waals surface area contributed by atoms with Gasteiger partial charge < -0.3 is 10.1 Å². The first-order valence-electron chi connectivity index (χ1n) is 8.07. The average Bonchev–Trinajstić information content (AvgIpc) is 2.50. The number of hydrogen-bond donors (Lipinski definition) is 1. The van der Waals surface area contributed by atoms with Crippen molar-refractivity contribution in [3.05, 3.63) is 24.3 Å². The minimum absolute atomic E-state index is 0.0437. The Balaban J connectivity index is 1.76. The Morgan fingerprint density at radius 3 is 2.36 bits per heavy atom. The maximum absolute atomic E-state index is 12.1. The molecule has 0 bridgehead atoms. The van der Waals surface area contributed by atoms with Gasteiger partial charge in [-0.1, -0.05) is 0 Å². The van der Waals surface area contributed by atoms with Crippen LogP contribution in [0.4, 0.5) is 5.69 Å². The molecule has 0 atom stereocenters. The van der Waals surface area contributed by atoms with E-state index in [0.717, 1.165) is 37.6 Å². The van der Waals surface area contributed by atoms with E-state index in [4.69, 9.17) is 4.74 Å². The summed E-state index contributed by atoms with van der Waals surface area (Å²) in [7, 11) is 0. The van der Waals surface area contributed by atoms with Crippen molar-refractivity contribution in [3.63, 3.8) is 0 Å². The summed E-state index contributed by atoms with van der Waals surface area (Å²) in [5.74, 6) is 0.868. The molecule has 1 aliphatic heterocycles. The van der Waals surface area contributed by atoms with Crippen molar-refractivity contribution in [2.45, 2.75) is 26.8 Å². The molecule has 0 unspecified atom stereocenters. The lowest BCUT2D eigenvalue weighted by Crippen LogP contribution is -2.50. The molecule has 0 saturated carbocycles. The number of rotatable bonds is 6. The smallest absolute Gasteiger partial charge is 0.238 e. The first-order chi connectivity index (χ1) is 10.6. The number of hydrogen-bond acceptors (Lipinski definition) is 4. The number of amides is 1. The van der Waals surface area contributed by atoms with Crippen LogP contribution < -0.4 is 10.1 Å². The molecule has 5 nitrogen and oxygen atoms in total. The third-order valence-electron chi connectivity index (χ3n) is 3.95. The Bertz CT molecular complexity index is 465. The van der Waals surface area contributed by atoms with Gasteiger partial charge in [0.25, 0.3) is 0 Å². The summed E-state index contributed by atoms with van der Waals surface area (Å²) in [5, 5.41) is 2.94. The fourth-order valence-electron chi connectivity index (χ4n) is 2.64. The number of nitrogens with zero attached hydrogens (tertiary/aromatic N) is 2. The fraction of sp³-hybridized carbons (Fsp3) is 0.588. The number of piperazine rings is 1. The molecular weight excluding hydrogens is 278 g/mol. The van der Waals surface area contributed by atoms with Crippen LogP contribution in [-0.2, 0) is 4.79 Å². The van der Waals surface area contributed by atoms with Gasteiger partial charge in [-0.15, -0.1) is 0 Å². The number of anilines is 1. The van der Waals surface area contributed by atoms with Crippen LogP contribution in [0.5, 0.6) is 5.75 Å². The molecule has 22 heavy (non-hydrogen) atoms. The highest BCUT2D eigenvalue weighted by Crippen LogP contribution is 2.15. The van der Waals surface area contributed by atoms with Crippen LogP contribution in [0.25, 0.3) is 0 Å². The van der Waals surface area contributed by atoms with Crippen molar-refractivity contribution < 1.29 is 9.53 Å². The molecule has 0 spiro atoms. The number of carbonyl (C=O) groups excluding carboxylic acids is 1. The van der Waals surface area contributed by atoms with Crippen LogP contribution in [0.1, 0.15) is 20.8 Å². The van der Waals surface area contributed by atoms with Crippen LogP contribution in [0, 0.1) is 0 Å². The highest BCUT2D eigenvalue weighted by Gasteiger charge is 2.20. The van der Waals surface area contributed by atoms with Crippen molar-refractivity contribution >= 4 is 11.6 Å². The maximum Gasteiger partial charge on any atom is 0.238 e. The van der Waals surface area contributed by atoms with Crippen molar-refractivity contribution in [1.82, 2.24) is 9.80 Å². The highest BCUT2D eigenvalue weighted by atomic mass is 16.5. The zero-order valence-electron chi connectivity index (χ0n) is 13.8.